The largest absolute Gasteiger partial charge is 0.444 e. The van der Waals surface area contributed by atoms with E-state index in [1.807, 2.05) is 13.8 Å². The van der Waals surface area contributed by atoms with Crippen molar-refractivity contribution in [2.45, 2.75) is 46.3 Å². The van der Waals surface area contributed by atoms with Gasteiger partial charge in [0, 0.05) is 7.11 Å². The van der Waals surface area contributed by atoms with Gasteiger partial charge in [0.1, 0.15) is 18.4 Å². The van der Waals surface area contributed by atoms with Gasteiger partial charge in [-0.05, 0) is 26.7 Å². The van der Waals surface area contributed by atoms with Crippen LogP contribution in [-0.4, -0.2) is 37.5 Å². The Labute approximate surface area is 108 Å². The van der Waals surface area contributed by atoms with Gasteiger partial charge >= 0.3 is 6.09 Å². The van der Waals surface area contributed by atoms with Gasteiger partial charge in [-0.3, -0.25) is 4.79 Å². The fourth-order valence-electron chi connectivity index (χ4n) is 1.22. The molecule has 6 nitrogen and oxygen atoms in total. The minimum Gasteiger partial charge on any atom is -0.444 e. The van der Waals surface area contributed by atoms with Crippen LogP contribution in [0.3, 0.4) is 0 Å². The summed E-state index contributed by atoms with van der Waals surface area (Å²) >= 11 is 0. The first-order valence-electron chi connectivity index (χ1n) is 5.93. The number of ether oxygens (including phenoxy) is 2. The molecular weight excluding hydrogens is 236 g/mol. The van der Waals surface area contributed by atoms with E-state index in [1.54, 1.807) is 20.8 Å². The molecule has 0 spiro atoms. The molecule has 0 unspecified atom stereocenters. The molecule has 6 heteroatoms. The van der Waals surface area contributed by atoms with Gasteiger partial charge in [0.15, 0.2) is 0 Å². The van der Waals surface area contributed by atoms with Gasteiger partial charge in [-0.15, -0.1) is 0 Å². The predicted octanol–water partition coefficient (Wildman–Crippen LogP) is 1.26. The Morgan fingerprint density at radius 1 is 1.22 bits per heavy atom. The summed E-state index contributed by atoms with van der Waals surface area (Å²) in [5.41, 5.74) is -0.589. The van der Waals surface area contributed by atoms with Crippen molar-refractivity contribution >= 4 is 12.0 Å². The summed E-state index contributed by atoms with van der Waals surface area (Å²) in [7, 11) is 1.48. The number of carbonyl (C=O) groups excluding carboxylic acids is 2. The average Bonchev–Trinajstić information content (AvgIpc) is 2.19. The van der Waals surface area contributed by atoms with Gasteiger partial charge in [0.2, 0.25) is 5.91 Å². The summed E-state index contributed by atoms with van der Waals surface area (Å²) in [6, 6.07) is -0.644. The van der Waals surface area contributed by atoms with E-state index in [9.17, 15) is 9.59 Å². The minimum atomic E-state index is -0.644. The molecule has 0 aromatic heterocycles. The molecule has 1 atom stereocenters. The van der Waals surface area contributed by atoms with Gasteiger partial charge in [0.25, 0.3) is 0 Å². The fourth-order valence-corrected chi connectivity index (χ4v) is 1.22. The van der Waals surface area contributed by atoms with E-state index in [0.717, 1.165) is 0 Å². The molecule has 106 valence electrons. The molecule has 0 aliphatic rings. The third kappa shape index (κ3) is 7.11. The van der Waals surface area contributed by atoms with Crippen molar-refractivity contribution in [2.75, 3.05) is 13.8 Å². The van der Waals surface area contributed by atoms with Gasteiger partial charge in [-0.25, -0.2) is 4.79 Å². The predicted molar refractivity (Wildman–Crippen MR) is 68.0 cm³/mol. The highest BCUT2D eigenvalue weighted by molar-refractivity contribution is 5.85. The Kier molecular flexibility index (Phi) is 6.68. The lowest BCUT2D eigenvalue weighted by Gasteiger charge is -2.25. The van der Waals surface area contributed by atoms with Crippen molar-refractivity contribution in [3.63, 3.8) is 0 Å². The maximum Gasteiger partial charge on any atom is 0.408 e. The number of methoxy groups -OCH3 is 1. The first-order chi connectivity index (χ1) is 8.17. The standard InChI is InChI=1S/C12H24N2O4/c1-8(2)9(10(15)13-7-17-6)14-11(16)18-12(3,4)5/h8-9H,7H2,1-6H3,(H,13,15)(H,14,16)/t9-/m0/s1. The minimum absolute atomic E-state index is 0.0469. The van der Waals surface area contributed by atoms with E-state index < -0.39 is 17.7 Å². The molecule has 0 aliphatic carbocycles. The first kappa shape index (κ1) is 16.7. The van der Waals surface area contributed by atoms with E-state index in [4.69, 9.17) is 9.47 Å². The second-order valence-corrected chi connectivity index (χ2v) is 5.34. The van der Waals surface area contributed by atoms with E-state index in [-0.39, 0.29) is 18.6 Å². The number of carbonyl (C=O) groups is 2. The lowest BCUT2D eigenvalue weighted by atomic mass is 10.0. The van der Waals surface area contributed by atoms with Crippen molar-refractivity contribution in [1.29, 1.82) is 0 Å². The fraction of sp³-hybridized carbons (Fsp3) is 0.833. The number of amides is 2. The third-order valence-electron chi connectivity index (χ3n) is 2.01. The van der Waals surface area contributed by atoms with Gasteiger partial charge in [0.05, 0.1) is 0 Å². The van der Waals surface area contributed by atoms with E-state index in [0.29, 0.717) is 0 Å². The number of nitrogens with one attached hydrogen (secondary N) is 2. The third-order valence-corrected chi connectivity index (χ3v) is 2.01. The molecule has 2 amide bonds. The zero-order valence-corrected chi connectivity index (χ0v) is 12.0. The maximum atomic E-state index is 11.8. The molecule has 0 aromatic rings. The zero-order valence-electron chi connectivity index (χ0n) is 12.0. The van der Waals surface area contributed by atoms with Crippen LogP contribution in [-0.2, 0) is 14.3 Å². The zero-order chi connectivity index (χ0) is 14.3. The highest BCUT2D eigenvalue weighted by atomic mass is 16.6. The molecule has 0 radical (unpaired) electrons. The molecule has 0 saturated carbocycles. The lowest BCUT2D eigenvalue weighted by molar-refractivity contribution is -0.125. The smallest absolute Gasteiger partial charge is 0.408 e. The van der Waals surface area contributed by atoms with Crippen LogP contribution in [0.4, 0.5) is 4.79 Å². The van der Waals surface area contributed by atoms with Crippen LogP contribution in [0.15, 0.2) is 0 Å². The van der Waals surface area contributed by atoms with Crippen LogP contribution in [0, 0.1) is 5.92 Å². The van der Waals surface area contributed by atoms with Crippen LogP contribution < -0.4 is 10.6 Å². The maximum absolute atomic E-state index is 11.8. The van der Waals surface area contributed by atoms with Crippen LogP contribution in [0.2, 0.25) is 0 Å². The van der Waals surface area contributed by atoms with Gasteiger partial charge in [-0.1, -0.05) is 13.8 Å². The summed E-state index contributed by atoms with van der Waals surface area (Å²) in [5.74, 6) is -0.341. The van der Waals surface area contributed by atoms with Crippen molar-refractivity contribution < 1.29 is 19.1 Å². The van der Waals surface area contributed by atoms with E-state index in [1.165, 1.54) is 7.11 Å². The van der Waals surface area contributed by atoms with Gasteiger partial charge in [-0.2, -0.15) is 0 Å². The van der Waals surface area contributed by atoms with Crippen LogP contribution in [0.25, 0.3) is 0 Å². The number of hydrogen-bond donors (Lipinski definition) is 2. The summed E-state index contributed by atoms with van der Waals surface area (Å²) in [5, 5.41) is 5.10. The number of alkyl carbamates (subject to hydrolysis) is 1. The summed E-state index contributed by atoms with van der Waals surface area (Å²) in [4.78, 5) is 23.4. The van der Waals surface area contributed by atoms with Crippen molar-refractivity contribution in [3.05, 3.63) is 0 Å². The summed E-state index contributed by atoms with van der Waals surface area (Å²) < 4.78 is 9.86. The molecule has 0 rings (SSSR count). The molecule has 0 aliphatic heterocycles. The Balaban J connectivity index is 4.45. The quantitative estimate of drug-likeness (QED) is 0.729. The van der Waals surface area contributed by atoms with E-state index >= 15 is 0 Å². The Bertz CT molecular complexity index is 284. The van der Waals surface area contributed by atoms with Crippen molar-refractivity contribution in [3.8, 4) is 0 Å². The highest BCUT2D eigenvalue weighted by Crippen LogP contribution is 2.08. The molecule has 0 heterocycles. The first-order valence-corrected chi connectivity index (χ1v) is 5.93. The molecule has 0 fully saturated rings. The Morgan fingerprint density at radius 3 is 2.17 bits per heavy atom. The molecule has 0 bridgehead atoms. The normalized spacial score (nSPS) is 13.1. The number of hydrogen-bond acceptors (Lipinski definition) is 4. The average molecular weight is 260 g/mol. The second-order valence-electron chi connectivity index (χ2n) is 5.34. The lowest BCUT2D eigenvalue weighted by Crippen LogP contribution is -2.51. The highest BCUT2D eigenvalue weighted by Gasteiger charge is 2.26. The summed E-state index contributed by atoms with van der Waals surface area (Å²) in [6.07, 6.45) is -0.603. The topological polar surface area (TPSA) is 76.7 Å². The molecule has 0 saturated heterocycles. The second kappa shape index (κ2) is 7.20. The van der Waals surface area contributed by atoms with Crippen LogP contribution in [0.1, 0.15) is 34.6 Å². The Morgan fingerprint density at radius 2 is 1.78 bits per heavy atom. The number of rotatable bonds is 5. The van der Waals surface area contributed by atoms with E-state index in [2.05, 4.69) is 10.6 Å². The molecule has 0 aromatic carbocycles. The van der Waals surface area contributed by atoms with Crippen LogP contribution in [0.5, 0.6) is 0 Å². The van der Waals surface area contributed by atoms with Gasteiger partial charge < -0.3 is 20.1 Å². The molecule has 18 heavy (non-hydrogen) atoms. The van der Waals surface area contributed by atoms with Crippen molar-refractivity contribution in [1.82, 2.24) is 10.6 Å². The molecule has 2 N–H and O–H groups in total. The van der Waals surface area contributed by atoms with Crippen LogP contribution >= 0.6 is 0 Å². The summed E-state index contributed by atoms with van der Waals surface area (Å²) in [6.45, 7) is 9.09. The molecular formula is C12H24N2O4. The monoisotopic (exact) mass is 260 g/mol. The van der Waals surface area contributed by atoms with Crippen molar-refractivity contribution in [2.24, 2.45) is 5.92 Å². The SMILES string of the molecule is COCNC(=O)[C@@H](NC(=O)OC(C)(C)C)C(C)C. The Hall–Kier alpha value is -1.30.